The first-order chi connectivity index (χ1) is 5.25. The monoisotopic (exact) mass is 152 g/mol. The van der Waals surface area contributed by atoms with Gasteiger partial charge in [-0.2, -0.15) is 0 Å². The molecule has 1 spiro atoms. The normalized spacial score (nSPS) is 33.6. The average molecular weight is 152 g/mol. The minimum atomic E-state index is -0.313. The van der Waals surface area contributed by atoms with Crippen LogP contribution in [0.25, 0.3) is 0 Å². The van der Waals surface area contributed by atoms with Crippen molar-refractivity contribution in [3.8, 4) is 0 Å². The fourth-order valence-electron chi connectivity index (χ4n) is 2.53. The largest absolute Gasteiger partial charge is 0.273 e. The van der Waals surface area contributed by atoms with Gasteiger partial charge in [0.1, 0.15) is 0 Å². The van der Waals surface area contributed by atoms with E-state index in [-0.39, 0.29) is 11.8 Å². The molecule has 2 aliphatic rings. The van der Waals surface area contributed by atoms with E-state index >= 15 is 0 Å². The first-order valence-electron chi connectivity index (χ1n) is 4.50. The predicted octanol–water partition coefficient (Wildman–Crippen LogP) is 1.77. The van der Waals surface area contributed by atoms with Crippen LogP contribution in [0.1, 0.15) is 38.5 Å². The van der Waals surface area contributed by atoms with Gasteiger partial charge in [0.2, 0.25) is 5.91 Å². The Morgan fingerprint density at radius 1 is 1.27 bits per heavy atom. The molecule has 1 radical (unpaired) electrons. The lowest BCUT2D eigenvalue weighted by molar-refractivity contribution is -0.120. The summed E-state index contributed by atoms with van der Waals surface area (Å²) in [5.41, 5.74) is 7.35. The minimum Gasteiger partial charge on any atom is -0.273 e. The van der Waals surface area contributed by atoms with Gasteiger partial charge in [-0.25, -0.2) is 0 Å². The van der Waals surface area contributed by atoms with Crippen LogP contribution in [0.15, 0.2) is 0 Å². The highest BCUT2D eigenvalue weighted by Crippen LogP contribution is 2.61. The van der Waals surface area contributed by atoms with E-state index in [0.717, 1.165) is 6.42 Å². The summed E-state index contributed by atoms with van der Waals surface area (Å²) in [5.74, 6) is -0.185. The number of hydrogen-bond acceptors (Lipinski definition) is 1. The SMILES string of the molecule is [NH]C(=O)[C@@H]1CC12CCCCC2. The molecule has 0 aromatic rings. The minimum absolute atomic E-state index is 0.128. The highest BCUT2D eigenvalue weighted by molar-refractivity contribution is 5.80. The van der Waals surface area contributed by atoms with Crippen molar-refractivity contribution in [3.05, 3.63) is 0 Å². The molecular weight excluding hydrogens is 138 g/mol. The van der Waals surface area contributed by atoms with E-state index in [4.69, 9.17) is 5.73 Å². The summed E-state index contributed by atoms with van der Waals surface area (Å²) in [6, 6.07) is 0. The maximum Gasteiger partial charge on any atom is 0.242 e. The Hall–Kier alpha value is -0.530. The maximum atomic E-state index is 10.7. The van der Waals surface area contributed by atoms with Gasteiger partial charge in [0.25, 0.3) is 0 Å². The van der Waals surface area contributed by atoms with Crippen molar-refractivity contribution in [3.63, 3.8) is 0 Å². The lowest BCUT2D eigenvalue weighted by Gasteiger charge is -2.21. The number of carbonyl (C=O) groups excluding carboxylic acids is 1. The lowest BCUT2D eigenvalue weighted by atomic mass is 9.84. The Morgan fingerprint density at radius 3 is 2.36 bits per heavy atom. The van der Waals surface area contributed by atoms with Crippen molar-refractivity contribution >= 4 is 5.91 Å². The Bertz CT molecular complexity index is 182. The van der Waals surface area contributed by atoms with E-state index in [1.165, 1.54) is 32.1 Å². The molecule has 2 aliphatic carbocycles. The van der Waals surface area contributed by atoms with Gasteiger partial charge in [0, 0.05) is 5.92 Å². The van der Waals surface area contributed by atoms with Crippen molar-refractivity contribution in [2.75, 3.05) is 0 Å². The van der Waals surface area contributed by atoms with Crippen molar-refractivity contribution < 1.29 is 4.79 Å². The molecule has 2 heteroatoms. The summed E-state index contributed by atoms with van der Waals surface area (Å²) >= 11 is 0. The second-order valence-electron chi connectivity index (χ2n) is 4.04. The molecule has 0 aromatic carbocycles. The molecular formula is C9H14NO. The zero-order chi connectivity index (χ0) is 7.90. The van der Waals surface area contributed by atoms with Gasteiger partial charge in [-0.15, -0.1) is 0 Å². The topological polar surface area (TPSA) is 40.9 Å². The Balaban J connectivity index is 1.99. The van der Waals surface area contributed by atoms with Crippen LogP contribution in [-0.4, -0.2) is 5.91 Å². The van der Waals surface area contributed by atoms with E-state index in [1.807, 2.05) is 0 Å². The third-order valence-electron chi connectivity index (χ3n) is 3.36. The van der Waals surface area contributed by atoms with E-state index < -0.39 is 0 Å². The molecule has 1 N–H and O–H groups in total. The third-order valence-corrected chi connectivity index (χ3v) is 3.36. The fraction of sp³-hybridized carbons (Fsp3) is 0.889. The molecule has 61 valence electrons. The standard InChI is InChI=1S/C9H14NO/c10-8(11)7-6-9(7)4-2-1-3-5-9/h7,10H,1-6H2/t7-/m0/s1. The van der Waals surface area contributed by atoms with Crippen LogP contribution in [0.4, 0.5) is 0 Å². The summed E-state index contributed by atoms with van der Waals surface area (Å²) < 4.78 is 0. The maximum absolute atomic E-state index is 10.7. The molecule has 0 aromatic heterocycles. The third kappa shape index (κ3) is 1.05. The molecule has 0 unspecified atom stereocenters. The van der Waals surface area contributed by atoms with Gasteiger partial charge in [-0.1, -0.05) is 19.3 Å². The quantitative estimate of drug-likeness (QED) is 0.564. The van der Waals surface area contributed by atoms with Crippen molar-refractivity contribution in [1.82, 2.24) is 5.73 Å². The molecule has 0 heterocycles. The Morgan fingerprint density at radius 2 is 1.91 bits per heavy atom. The van der Waals surface area contributed by atoms with Gasteiger partial charge < -0.3 is 0 Å². The summed E-state index contributed by atoms with van der Waals surface area (Å²) in [6.45, 7) is 0. The summed E-state index contributed by atoms with van der Waals surface area (Å²) in [5, 5.41) is 0. The number of rotatable bonds is 1. The first-order valence-corrected chi connectivity index (χ1v) is 4.50. The molecule has 2 saturated carbocycles. The van der Waals surface area contributed by atoms with E-state index in [9.17, 15) is 4.79 Å². The van der Waals surface area contributed by atoms with Crippen LogP contribution in [0.2, 0.25) is 0 Å². The van der Waals surface area contributed by atoms with Gasteiger partial charge in [-0.3, -0.25) is 10.5 Å². The highest BCUT2D eigenvalue weighted by atomic mass is 16.1. The van der Waals surface area contributed by atoms with Crippen LogP contribution in [0.3, 0.4) is 0 Å². The van der Waals surface area contributed by atoms with Gasteiger partial charge in [-0.05, 0) is 24.7 Å². The molecule has 1 atom stereocenters. The van der Waals surface area contributed by atoms with Gasteiger partial charge in [0.05, 0.1) is 0 Å². The molecule has 2 rings (SSSR count). The first kappa shape index (κ1) is 7.14. The van der Waals surface area contributed by atoms with Gasteiger partial charge in [0.15, 0.2) is 0 Å². The van der Waals surface area contributed by atoms with Crippen molar-refractivity contribution in [2.24, 2.45) is 11.3 Å². The highest BCUT2D eigenvalue weighted by Gasteiger charge is 2.56. The molecule has 2 fully saturated rings. The van der Waals surface area contributed by atoms with Crippen LogP contribution in [-0.2, 0) is 4.79 Å². The lowest BCUT2D eigenvalue weighted by Crippen LogP contribution is -2.14. The van der Waals surface area contributed by atoms with Crippen LogP contribution < -0.4 is 5.73 Å². The van der Waals surface area contributed by atoms with Crippen LogP contribution in [0.5, 0.6) is 0 Å². The molecule has 0 aliphatic heterocycles. The molecule has 2 nitrogen and oxygen atoms in total. The average Bonchev–Trinajstić information content (AvgIpc) is 2.66. The second-order valence-corrected chi connectivity index (χ2v) is 4.04. The summed E-state index contributed by atoms with van der Waals surface area (Å²) in [7, 11) is 0. The number of nitrogens with one attached hydrogen (secondary N) is 1. The number of hydrogen-bond donors (Lipinski definition) is 0. The van der Waals surface area contributed by atoms with Crippen molar-refractivity contribution in [2.45, 2.75) is 38.5 Å². The summed E-state index contributed by atoms with van der Waals surface area (Å²) in [4.78, 5) is 10.7. The Labute approximate surface area is 67.1 Å². The fourth-order valence-corrected chi connectivity index (χ4v) is 2.53. The van der Waals surface area contributed by atoms with Crippen LogP contribution in [0, 0.1) is 11.3 Å². The van der Waals surface area contributed by atoms with E-state index in [0.29, 0.717) is 5.41 Å². The second kappa shape index (κ2) is 2.23. The molecule has 1 amide bonds. The van der Waals surface area contributed by atoms with E-state index in [1.54, 1.807) is 0 Å². The predicted molar refractivity (Wildman–Crippen MR) is 41.7 cm³/mol. The van der Waals surface area contributed by atoms with Crippen molar-refractivity contribution in [1.29, 1.82) is 0 Å². The molecule has 11 heavy (non-hydrogen) atoms. The number of carbonyl (C=O) groups is 1. The smallest absolute Gasteiger partial charge is 0.242 e. The van der Waals surface area contributed by atoms with Crippen LogP contribution >= 0.6 is 0 Å². The van der Waals surface area contributed by atoms with E-state index in [2.05, 4.69) is 0 Å². The molecule has 0 bridgehead atoms. The Kier molecular flexibility index (Phi) is 1.44. The summed E-state index contributed by atoms with van der Waals surface area (Å²) in [6.07, 6.45) is 7.34. The van der Waals surface area contributed by atoms with Gasteiger partial charge >= 0.3 is 0 Å². The zero-order valence-electron chi connectivity index (χ0n) is 6.73. The number of amides is 1. The zero-order valence-corrected chi connectivity index (χ0v) is 6.73. The molecule has 0 saturated heterocycles.